The van der Waals surface area contributed by atoms with Crippen molar-refractivity contribution in [3.63, 3.8) is 0 Å². The lowest BCUT2D eigenvalue weighted by molar-refractivity contribution is -0.142. The van der Waals surface area contributed by atoms with Gasteiger partial charge in [-0.25, -0.2) is 0 Å². The Bertz CT molecular complexity index is 629. The topological polar surface area (TPSA) is 86.7 Å². The normalized spacial score (nSPS) is 17.5. The number of hydrogen-bond acceptors (Lipinski definition) is 3. The van der Waals surface area contributed by atoms with Crippen LogP contribution in [0.5, 0.6) is 0 Å². The van der Waals surface area contributed by atoms with Crippen LogP contribution in [-0.2, 0) is 21.5 Å². The molecule has 6 nitrogen and oxygen atoms in total. The molecule has 2 N–H and O–H groups in total. The summed E-state index contributed by atoms with van der Waals surface area (Å²) < 4.78 is 28.5. The van der Waals surface area contributed by atoms with Crippen molar-refractivity contribution in [2.45, 2.75) is 33.2 Å². The fourth-order valence-corrected chi connectivity index (χ4v) is 4.00. The molecule has 0 bridgehead atoms. The second-order valence-corrected chi connectivity index (χ2v) is 7.59. The lowest BCUT2D eigenvalue weighted by atomic mass is 9.99. The van der Waals surface area contributed by atoms with Crippen LogP contribution in [0.3, 0.4) is 0 Å². The van der Waals surface area contributed by atoms with E-state index in [9.17, 15) is 13.2 Å². The first kappa shape index (κ1) is 16.9. The highest BCUT2D eigenvalue weighted by Gasteiger charge is 2.30. The molecular formula is C15H22N2O4S. The van der Waals surface area contributed by atoms with Gasteiger partial charge in [0.05, 0.1) is 5.92 Å². The number of piperidine rings is 1. The van der Waals surface area contributed by atoms with Gasteiger partial charge in [0.1, 0.15) is 0 Å². The number of hydrogen-bond donors (Lipinski definition) is 2. The predicted molar refractivity (Wildman–Crippen MR) is 83.6 cm³/mol. The summed E-state index contributed by atoms with van der Waals surface area (Å²) in [5.41, 5.74) is 3.11. The van der Waals surface area contributed by atoms with Gasteiger partial charge in [0.2, 0.25) is 0 Å². The maximum Gasteiger partial charge on any atom is 0.306 e. The molecule has 1 aromatic carbocycles. The Balaban J connectivity index is 1.95. The van der Waals surface area contributed by atoms with Crippen LogP contribution in [0.1, 0.15) is 29.5 Å². The smallest absolute Gasteiger partial charge is 0.306 e. The molecule has 0 saturated carbocycles. The van der Waals surface area contributed by atoms with E-state index in [4.69, 9.17) is 5.11 Å². The second-order valence-electron chi connectivity index (χ2n) is 5.83. The average molecular weight is 326 g/mol. The standard InChI is InChI=1S/C15H22N2O4S/c1-11-7-12(2)9-13(8-11)10-16-22(20,21)17-5-3-14(4-6-17)15(18)19/h7-9,14,16H,3-6,10H2,1-2H3,(H,18,19). The zero-order chi connectivity index (χ0) is 16.3. The summed E-state index contributed by atoms with van der Waals surface area (Å²) in [6, 6.07) is 5.94. The van der Waals surface area contributed by atoms with E-state index in [2.05, 4.69) is 4.72 Å². The number of aryl methyl sites for hydroxylation is 2. The Morgan fingerprint density at radius 1 is 1.23 bits per heavy atom. The van der Waals surface area contributed by atoms with Crippen molar-refractivity contribution in [3.8, 4) is 0 Å². The van der Waals surface area contributed by atoms with Crippen molar-refractivity contribution in [3.05, 3.63) is 34.9 Å². The molecule has 0 aliphatic carbocycles. The predicted octanol–water partition coefficient (Wildman–Crippen LogP) is 1.43. The lowest BCUT2D eigenvalue weighted by Crippen LogP contribution is -2.45. The van der Waals surface area contributed by atoms with Gasteiger partial charge in [-0.1, -0.05) is 29.3 Å². The summed E-state index contributed by atoms with van der Waals surface area (Å²) in [6.07, 6.45) is 0.722. The second kappa shape index (κ2) is 6.76. The van der Waals surface area contributed by atoms with Crippen LogP contribution in [0, 0.1) is 19.8 Å². The molecule has 122 valence electrons. The molecular weight excluding hydrogens is 304 g/mol. The third kappa shape index (κ3) is 4.28. The van der Waals surface area contributed by atoms with Gasteiger partial charge in [0.25, 0.3) is 10.2 Å². The molecule has 0 amide bonds. The van der Waals surface area contributed by atoms with Crippen LogP contribution in [0.15, 0.2) is 18.2 Å². The first-order valence-electron chi connectivity index (χ1n) is 7.32. The van der Waals surface area contributed by atoms with Crippen molar-refractivity contribution in [2.75, 3.05) is 13.1 Å². The van der Waals surface area contributed by atoms with Crippen molar-refractivity contribution in [1.82, 2.24) is 9.03 Å². The number of carboxylic acid groups (broad SMARTS) is 1. The minimum absolute atomic E-state index is 0.240. The average Bonchev–Trinajstić information content (AvgIpc) is 2.44. The van der Waals surface area contributed by atoms with Crippen LogP contribution in [0.25, 0.3) is 0 Å². The van der Waals surface area contributed by atoms with Crippen molar-refractivity contribution in [1.29, 1.82) is 0 Å². The minimum atomic E-state index is -3.57. The van der Waals surface area contributed by atoms with Gasteiger partial charge in [-0.05, 0) is 32.3 Å². The Hall–Kier alpha value is -1.44. The summed E-state index contributed by atoms with van der Waals surface area (Å²) >= 11 is 0. The van der Waals surface area contributed by atoms with Gasteiger partial charge in [-0.2, -0.15) is 17.4 Å². The number of carbonyl (C=O) groups is 1. The molecule has 1 aromatic rings. The maximum atomic E-state index is 12.3. The molecule has 1 aliphatic rings. The van der Waals surface area contributed by atoms with E-state index < -0.39 is 22.1 Å². The number of benzene rings is 1. The molecule has 22 heavy (non-hydrogen) atoms. The summed E-state index contributed by atoms with van der Waals surface area (Å²) in [7, 11) is -3.57. The molecule has 0 spiro atoms. The van der Waals surface area contributed by atoms with E-state index in [-0.39, 0.29) is 19.6 Å². The van der Waals surface area contributed by atoms with Crippen LogP contribution in [-0.4, -0.2) is 36.9 Å². The van der Waals surface area contributed by atoms with Crippen molar-refractivity contribution >= 4 is 16.2 Å². The fraction of sp³-hybridized carbons (Fsp3) is 0.533. The largest absolute Gasteiger partial charge is 0.481 e. The highest BCUT2D eigenvalue weighted by atomic mass is 32.2. The van der Waals surface area contributed by atoms with Gasteiger partial charge < -0.3 is 5.11 Å². The molecule has 0 atom stereocenters. The van der Waals surface area contributed by atoms with Crippen LogP contribution in [0.4, 0.5) is 0 Å². The number of nitrogens with one attached hydrogen (secondary N) is 1. The van der Waals surface area contributed by atoms with E-state index in [1.165, 1.54) is 4.31 Å². The monoisotopic (exact) mass is 326 g/mol. The van der Waals surface area contributed by atoms with E-state index in [0.717, 1.165) is 16.7 Å². The molecule has 7 heteroatoms. The third-order valence-corrected chi connectivity index (χ3v) is 5.44. The fourth-order valence-electron chi connectivity index (χ4n) is 2.78. The molecule has 0 aromatic heterocycles. The quantitative estimate of drug-likeness (QED) is 0.857. The zero-order valence-electron chi connectivity index (χ0n) is 12.9. The summed E-state index contributed by atoms with van der Waals surface area (Å²) in [5, 5.41) is 8.95. The zero-order valence-corrected chi connectivity index (χ0v) is 13.7. The van der Waals surface area contributed by atoms with Gasteiger partial charge >= 0.3 is 5.97 Å². The molecule has 0 unspecified atom stereocenters. The number of carboxylic acids is 1. The first-order valence-corrected chi connectivity index (χ1v) is 8.76. The Kier molecular flexibility index (Phi) is 5.20. The maximum absolute atomic E-state index is 12.3. The van der Waals surface area contributed by atoms with Crippen LogP contribution in [0.2, 0.25) is 0 Å². The molecule has 1 fully saturated rings. The molecule has 2 rings (SSSR count). The molecule has 1 aliphatic heterocycles. The number of nitrogens with zero attached hydrogens (tertiary/aromatic N) is 1. The van der Waals surface area contributed by atoms with E-state index in [1.807, 2.05) is 32.0 Å². The Labute approximate surface area is 131 Å². The number of aliphatic carboxylic acids is 1. The van der Waals surface area contributed by atoms with E-state index >= 15 is 0 Å². The first-order chi connectivity index (χ1) is 10.3. The summed E-state index contributed by atoms with van der Waals surface area (Å²) in [6.45, 7) is 4.69. The van der Waals surface area contributed by atoms with Gasteiger partial charge in [0, 0.05) is 19.6 Å². The highest BCUT2D eigenvalue weighted by Crippen LogP contribution is 2.19. The van der Waals surface area contributed by atoms with E-state index in [0.29, 0.717) is 12.8 Å². The minimum Gasteiger partial charge on any atom is -0.481 e. The van der Waals surface area contributed by atoms with Crippen molar-refractivity contribution in [2.24, 2.45) is 5.92 Å². The van der Waals surface area contributed by atoms with Gasteiger partial charge in [-0.15, -0.1) is 0 Å². The SMILES string of the molecule is Cc1cc(C)cc(CNS(=O)(=O)N2CCC(C(=O)O)CC2)c1. The molecule has 1 saturated heterocycles. The molecule has 0 radical (unpaired) electrons. The van der Waals surface area contributed by atoms with Crippen LogP contribution < -0.4 is 4.72 Å². The van der Waals surface area contributed by atoms with Gasteiger partial charge in [-0.3, -0.25) is 4.79 Å². The summed E-state index contributed by atoms with van der Waals surface area (Å²) in [4.78, 5) is 10.9. The lowest BCUT2D eigenvalue weighted by Gasteiger charge is -2.29. The van der Waals surface area contributed by atoms with E-state index in [1.54, 1.807) is 0 Å². The third-order valence-electron chi connectivity index (χ3n) is 3.88. The molecule has 1 heterocycles. The van der Waals surface area contributed by atoms with Crippen LogP contribution >= 0.6 is 0 Å². The summed E-state index contributed by atoms with van der Waals surface area (Å²) in [5.74, 6) is -1.29. The van der Waals surface area contributed by atoms with Gasteiger partial charge in [0.15, 0.2) is 0 Å². The highest BCUT2D eigenvalue weighted by molar-refractivity contribution is 7.87. The Morgan fingerprint density at radius 2 is 1.77 bits per heavy atom. The number of rotatable bonds is 5. The Morgan fingerprint density at radius 3 is 2.27 bits per heavy atom. The van der Waals surface area contributed by atoms with Crippen molar-refractivity contribution < 1.29 is 18.3 Å².